The quantitative estimate of drug-likeness (QED) is 0.712. The van der Waals surface area contributed by atoms with Gasteiger partial charge in [-0.25, -0.2) is 17.5 Å². The molecule has 1 aliphatic heterocycles. The molecule has 3 aromatic carbocycles. The molecule has 28 heavy (non-hydrogen) atoms. The van der Waals surface area contributed by atoms with Crippen molar-refractivity contribution in [2.45, 2.75) is 25.3 Å². The fourth-order valence-corrected chi connectivity index (χ4v) is 4.79. The van der Waals surface area contributed by atoms with Crippen molar-refractivity contribution in [2.75, 3.05) is 11.4 Å². The fourth-order valence-electron chi connectivity index (χ4n) is 3.57. The van der Waals surface area contributed by atoms with Crippen LogP contribution in [0.4, 0.5) is 10.1 Å². The zero-order valence-electron chi connectivity index (χ0n) is 15.5. The predicted molar refractivity (Wildman–Crippen MR) is 106 cm³/mol. The third kappa shape index (κ3) is 2.87. The van der Waals surface area contributed by atoms with E-state index in [0.29, 0.717) is 34.0 Å². The van der Waals surface area contributed by atoms with E-state index in [1.54, 1.807) is 48.2 Å². The first-order valence-electron chi connectivity index (χ1n) is 8.96. The van der Waals surface area contributed by atoms with Gasteiger partial charge in [-0.05, 0) is 49.2 Å². The summed E-state index contributed by atoms with van der Waals surface area (Å²) in [5.74, 6) is -0.499. The molecular formula is C21H19FN2O3S. The van der Waals surface area contributed by atoms with E-state index in [1.165, 1.54) is 12.1 Å². The fraction of sp³-hybridized carbons (Fsp3) is 0.190. The summed E-state index contributed by atoms with van der Waals surface area (Å²) in [4.78, 5) is 14.3. The Morgan fingerprint density at radius 1 is 1.11 bits per heavy atom. The molecule has 0 radical (unpaired) electrons. The van der Waals surface area contributed by atoms with Gasteiger partial charge in [-0.15, -0.1) is 0 Å². The van der Waals surface area contributed by atoms with Crippen molar-refractivity contribution in [3.8, 4) is 0 Å². The van der Waals surface area contributed by atoms with Crippen LogP contribution in [0.3, 0.4) is 0 Å². The van der Waals surface area contributed by atoms with Gasteiger partial charge in [-0.3, -0.25) is 4.79 Å². The molecule has 1 N–H and O–H groups in total. The van der Waals surface area contributed by atoms with Crippen LogP contribution >= 0.6 is 0 Å². The Bertz CT molecular complexity index is 1220. The van der Waals surface area contributed by atoms with Crippen LogP contribution in [0.25, 0.3) is 10.8 Å². The molecule has 144 valence electrons. The first kappa shape index (κ1) is 18.6. The van der Waals surface area contributed by atoms with E-state index in [9.17, 15) is 17.6 Å². The first-order valence-corrected chi connectivity index (χ1v) is 10.4. The Morgan fingerprint density at radius 2 is 1.89 bits per heavy atom. The Hall–Kier alpha value is -2.77. The number of hydrogen-bond acceptors (Lipinski definition) is 3. The number of rotatable bonds is 5. The number of amides is 1. The molecule has 1 heterocycles. The number of halogens is 1. The lowest BCUT2D eigenvalue weighted by Crippen LogP contribution is -2.26. The van der Waals surface area contributed by atoms with E-state index in [2.05, 4.69) is 4.72 Å². The van der Waals surface area contributed by atoms with Crippen LogP contribution in [0.2, 0.25) is 0 Å². The maximum absolute atomic E-state index is 13.7. The second-order valence-corrected chi connectivity index (χ2v) is 8.50. The lowest BCUT2D eigenvalue weighted by Gasteiger charge is -2.15. The van der Waals surface area contributed by atoms with Crippen LogP contribution in [0.1, 0.15) is 28.4 Å². The van der Waals surface area contributed by atoms with Crippen molar-refractivity contribution >= 4 is 32.4 Å². The largest absolute Gasteiger partial charge is 0.308 e. The number of hydrogen-bond donors (Lipinski definition) is 1. The lowest BCUT2D eigenvalue weighted by atomic mass is 10.1. The predicted octanol–water partition coefficient (Wildman–Crippen LogP) is 3.75. The van der Waals surface area contributed by atoms with Gasteiger partial charge in [0.25, 0.3) is 5.91 Å². The minimum Gasteiger partial charge on any atom is -0.308 e. The summed E-state index contributed by atoms with van der Waals surface area (Å²) in [5.41, 5.74) is 2.26. The van der Waals surface area contributed by atoms with Gasteiger partial charge in [0.1, 0.15) is 5.82 Å². The third-order valence-corrected chi connectivity index (χ3v) is 6.51. The van der Waals surface area contributed by atoms with E-state index < -0.39 is 10.0 Å². The van der Waals surface area contributed by atoms with Crippen LogP contribution in [-0.4, -0.2) is 20.9 Å². The summed E-state index contributed by atoms with van der Waals surface area (Å²) in [6, 6.07) is 12.9. The Labute approximate surface area is 162 Å². The molecule has 0 spiro atoms. The molecule has 0 aromatic heterocycles. The highest BCUT2D eigenvalue weighted by molar-refractivity contribution is 7.89. The van der Waals surface area contributed by atoms with E-state index in [1.807, 2.05) is 6.92 Å². The van der Waals surface area contributed by atoms with Crippen molar-refractivity contribution in [1.29, 1.82) is 0 Å². The molecule has 0 unspecified atom stereocenters. The average Bonchev–Trinajstić information content (AvgIpc) is 2.96. The van der Waals surface area contributed by atoms with Gasteiger partial charge in [-0.1, -0.05) is 24.3 Å². The Morgan fingerprint density at radius 3 is 2.61 bits per heavy atom. The van der Waals surface area contributed by atoms with Crippen LogP contribution in [0.15, 0.2) is 53.4 Å². The number of carbonyl (C=O) groups excluding carboxylic acids is 1. The minimum absolute atomic E-state index is 0.0253. The zero-order valence-corrected chi connectivity index (χ0v) is 16.3. The van der Waals surface area contributed by atoms with Crippen molar-refractivity contribution in [3.05, 3.63) is 71.0 Å². The average molecular weight is 398 g/mol. The molecule has 3 aromatic rings. The van der Waals surface area contributed by atoms with Gasteiger partial charge < -0.3 is 4.90 Å². The van der Waals surface area contributed by atoms with Gasteiger partial charge >= 0.3 is 0 Å². The van der Waals surface area contributed by atoms with Crippen molar-refractivity contribution in [3.63, 3.8) is 0 Å². The molecule has 5 nitrogen and oxygen atoms in total. The number of nitrogens with one attached hydrogen (secondary N) is 1. The lowest BCUT2D eigenvalue weighted by molar-refractivity contribution is 0.0994. The highest BCUT2D eigenvalue weighted by Gasteiger charge is 2.31. The zero-order chi connectivity index (χ0) is 20.1. The van der Waals surface area contributed by atoms with Gasteiger partial charge in [0.2, 0.25) is 10.0 Å². The van der Waals surface area contributed by atoms with Gasteiger partial charge in [0.05, 0.1) is 10.6 Å². The van der Waals surface area contributed by atoms with Crippen LogP contribution < -0.4 is 9.62 Å². The Kier molecular flexibility index (Phi) is 4.44. The topological polar surface area (TPSA) is 66.5 Å². The summed E-state index contributed by atoms with van der Waals surface area (Å²) in [7, 11) is -3.86. The summed E-state index contributed by atoms with van der Waals surface area (Å²) in [6.45, 7) is 4.01. The normalized spacial score (nSPS) is 13.5. The van der Waals surface area contributed by atoms with Crippen LogP contribution in [0.5, 0.6) is 0 Å². The highest BCUT2D eigenvalue weighted by Crippen LogP contribution is 2.39. The summed E-state index contributed by atoms with van der Waals surface area (Å²) < 4.78 is 42.1. The molecular weight excluding hydrogens is 379 g/mol. The molecule has 1 amide bonds. The molecule has 7 heteroatoms. The Balaban J connectivity index is 1.74. The minimum atomic E-state index is -3.86. The van der Waals surface area contributed by atoms with Crippen molar-refractivity contribution in [1.82, 2.24) is 4.72 Å². The number of carbonyl (C=O) groups is 1. The summed E-state index contributed by atoms with van der Waals surface area (Å²) in [6.07, 6.45) is 0. The smallest absolute Gasteiger partial charge is 0.258 e. The molecule has 0 saturated carbocycles. The molecule has 0 bridgehead atoms. The standard InChI is InChI=1S/C21H19FN2O3S/c1-3-24-18-9-10-19(15-5-4-6-16(20(15)18)21(24)25)28(26,27)23-12-14-8-7-13(2)17(22)11-14/h4-11,23H,3,12H2,1-2H3. The van der Waals surface area contributed by atoms with Gasteiger partial charge in [0.15, 0.2) is 0 Å². The molecule has 0 fully saturated rings. The number of benzene rings is 3. The maximum atomic E-state index is 13.7. The van der Waals surface area contributed by atoms with E-state index >= 15 is 0 Å². The first-order chi connectivity index (χ1) is 13.3. The van der Waals surface area contributed by atoms with Crippen molar-refractivity contribution in [2.24, 2.45) is 0 Å². The second kappa shape index (κ2) is 6.68. The molecule has 1 aliphatic rings. The number of sulfonamides is 1. The monoisotopic (exact) mass is 398 g/mol. The highest BCUT2D eigenvalue weighted by atomic mass is 32.2. The van der Waals surface area contributed by atoms with Gasteiger partial charge in [-0.2, -0.15) is 0 Å². The van der Waals surface area contributed by atoms with Crippen molar-refractivity contribution < 1.29 is 17.6 Å². The van der Waals surface area contributed by atoms with E-state index in [0.717, 1.165) is 5.69 Å². The number of aryl methyl sites for hydroxylation is 1. The molecule has 0 aliphatic carbocycles. The van der Waals surface area contributed by atoms with E-state index in [4.69, 9.17) is 0 Å². The van der Waals surface area contributed by atoms with E-state index in [-0.39, 0.29) is 23.2 Å². The molecule has 0 saturated heterocycles. The second-order valence-electron chi connectivity index (χ2n) is 6.77. The number of nitrogens with zero attached hydrogens (tertiary/aromatic N) is 1. The maximum Gasteiger partial charge on any atom is 0.258 e. The summed E-state index contributed by atoms with van der Waals surface area (Å²) >= 11 is 0. The molecule has 0 atom stereocenters. The van der Waals surface area contributed by atoms with Gasteiger partial charge in [0, 0.05) is 29.4 Å². The SMILES string of the molecule is CCN1C(=O)c2cccc3c(S(=O)(=O)NCc4ccc(C)c(F)c4)ccc1c23. The number of anilines is 1. The molecule has 4 rings (SSSR count). The third-order valence-electron chi connectivity index (χ3n) is 5.05. The van der Waals surface area contributed by atoms with Crippen LogP contribution in [0, 0.1) is 12.7 Å². The van der Waals surface area contributed by atoms with Crippen LogP contribution in [-0.2, 0) is 16.6 Å². The summed E-state index contributed by atoms with van der Waals surface area (Å²) in [5, 5.41) is 1.15.